The monoisotopic (exact) mass is 295 g/mol. The predicted molar refractivity (Wildman–Crippen MR) is 73.0 cm³/mol. The lowest BCUT2D eigenvalue weighted by Crippen LogP contribution is -2.06. The van der Waals surface area contributed by atoms with Crippen LogP contribution in [0.4, 0.5) is 0 Å². The van der Waals surface area contributed by atoms with Gasteiger partial charge in [-0.15, -0.1) is 21.8 Å². The maximum atomic E-state index is 10.7. The van der Waals surface area contributed by atoms with E-state index in [0.717, 1.165) is 11.3 Å². The Bertz CT molecular complexity index is 595. The summed E-state index contributed by atoms with van der Waals surface area (Å²) in [5.74, 6) is 0.635. The smallest absolute Gasteiger partial charge is 0.307 e. The van der Waals surface area contributed by atoms with Gasteiger partial charge in [0.1, 0.15) is 6.61 Å². The number of carbonyl (C=O) groups is 1. The molecular weight excluding hydrogens is 282 g/mol. The number of nitrogens with zero attached hydrogens (tertiary/aromatic N) is 3. The summed E-state index contributed by atoms with van der Waals surface area (Å²) in [5, 5.41) is 16.8. The molecule has 6 nitrogen and oxygen atoms in total. The molecule has 7 heteroatoms. The summed E-state index contributed by atoms with van der Waals surface area (Å²) in [7, 11) is 1.58. The Labute approximate surface area is 121 Å². The first-order chi connectivity index (χ1) is 9.65. The first kappa shape index (κ1) is 14.5. The fourth-order valence-corrected chi connectivity index (χ4v) is 2.07. The highest BCUT2D eigenvalue weighted by Gasteiger charge is 2.13. The molecule has 0 aliphatic rings. The van der Waals surface area contributed by atoms with Gasteiger partial charge in [0.25, 0.3) is 0 Å². The minimum absolute atomic E-state index is 0.00422. The van der Waals surface area contributed by atoms with E-state index in [-0.39, 0.29) is 12.3 Å². The average Bonchev–Trinajstić information content (AvgIpc) is 2.82. The molecule has 0 radical (unpaired) electrons. The maximum Gasteiger partial charge on any atom is 0.307 e. The topological polar surface area (TPSA) is 77.2 Å². The fraction of sp³-hybridized carbons (Fsp3) is 0.308. The van der Waals surface area contributed by atoms with Crippen molar-refractivity contribution in [1.82, 2.24) is 14.8 Å². The van der Waals surface area contributed by atoms with Crippen LogP contribution in [-0.2, 0) is 28.4 Å². The lowest BCUT2D eigenvalue weighted by Gasteiger charge is -2.09. The van der Waals surface area contributed by atoms with Crippen molar-refractivity contribution in [2.45, 2.75) is 18.9 Å². The molecule has 20 heavy (non-hydrogen) atoms. The minimum Gasteiger partial charge on any atom is -0.481 e. The van der Waals surface area contributed by atoms with Crippen molar-refractivity contribution in [3.8, 4) is 5.69 Å². The van der Waals surface area contributed by atoms with Gasteiger partial charge in [-0.1, -0.05) is 12.1 Å². The van der Waals surface area contributed by atoms with Crippen molar-refractivity contribution < 1.29 is 14.6 Å². The molecule has 0 bridgehead atoms. The van der Waals surface area contributed by atoms with E-state index in [1.807, 2.05) is 12.1 Å². The molecule has 106 valence electrons. The SMILES string of the molecule is COCc1nnc(CCl)n1-c1ccc(CC(=O)O)cc1. The summed E-state index contributed by atoms with van der Waals surface area (Å²) in [5.41, 5.74) is 1.56. The van der Waals surface area contributed by atoms with Crippen molar-refractivity contribution in [1.29, 1.82) is 0 Å². The van der Waals surface area contributed by atoms with Gasteiger partial charge in [0.05, 0.1) is 12.3 Å². The number of aliphatic carboxylic acids is 1. The van der Waals surface area contributed by atoms with Crippen LogP contribution in [-0.4, -0.2) is 33.0 Å². The van der Waals surface area contributed by atoms with Crippen LogP contribution in [0.5, 0.6) is 0 Å². The number of alkyl halides is 1. The average molecular weight is 296 g/mol. The zero-order valence-electron chi connectivity index (χ0n) is 10.9. The van der Waals surface area contributed by atoms with Gasteiger partial charge in [-0.3, -0.25) is 9.36 Å². The fourth-order valence-electron chi connectivity index (χ4n) is 1.90. The Kier molecular flexibility index (Phi) is 4.70. The van der Waals surface area contributed by atoms with Gasteiger partial charge in [-0.05, 0) is 17.7 Å². The van der Waals surface area contributed by atoms with Gasteiger partial charge in [0.15, 0.2) is 11.6 Å². The molecule has 0 aliphatic carbocycles. The molecule has 0 amide bonds. The zero-order chi connectivity index (χ0) is 14.5. The molecule has 0 atom stereocenters. The van der Waals surface area contributed by atoms with E-state index in [2.05, 4.69) is 10.2 Å². The summed E-state index contributed by atoms with van der Waals surface area (Å²) in [6.07, 6.45) is -0.00422. The van der Waals surface area contributed by atoms with Crippen LogP contribution in [0.15, 0.2) is 24.3 Å². The molecule has 0 saturated heterocycles. The van der Waals surface area contributed by atoms with Crippen LogP contribution in [0, 0.1) is 0 Å². The van der Waals surface area contributed by atoms with Gasteiger partial charge in [-0.2, -0.15) is 0 Å². The number of carboxylic acids is 1. The van der Waals surface area contributed by atoms with Crippen LogP contribution < -0.4 is 0 Å². The molecule has 1 aromatic heterocycles. The number of hydrogen-bond donors (Lipinski definition) is 1. The van der Waals surface area contributed by atoms with Crippen LogP contribution in [0.1, 0.15) is 17.2 Å². The summed E-state index contributed by atoms with van der Waals surface area (Å²) >= 11 is 5.85. The lowest BCUT2D eigenvalue weighted by molar-refractivity contribution is -0.136. The normalized spacial score (nSPS) is 10.7. The third-order valence-electron chi connectivity index (χ3n) is 2.74. The van der Waals surface area contributed by atoms with Gasteiger partial charge < -0.3 is 9.84 Å². The molecule has 0 aliphatic heterocycles. The molecule has 1 heterocycles. The van der Waals surface area contributed by atoms with E-state index in [4.69, 9.17) is 21.4 Å². The number of halogens is 1. The first-order valence-electron chi connectivity index (χ1n) is 5.95. The number of benzene rings is 1. The van der Waals surface area contributed by atoms with Gasteiger partial charge >= 0.3 is 5.97 Å². The van der Waals surface area contributed by atoms with Crippen molar-refractivity contribution >= 4 is 17.6 Å². The largest absolute Gasteiger partial charge is 0.481 e. The minimum atomic E-state index is -0.858. The molecule has 0 unspecified atom stereocenters. The highest BCUT2D eigenvalue weighted by molar-refractivity contribution is 6.16. The third-order valence-corrected chi connectivity index (χ3v) is 2.98. The van der Waals surface area contributed by atoms with E-state index in [0.29, 0.717) is 18.3 Å². The van der Waals surface area contributed by atoms with Crippen molar-refractivity contribution in [3.63, 3.8) is 0 Å². The van der Waals surface area contributed by atoms with E-state index in [9.17, 15) is 4.79 Å². The second kappa shape index (κ2) is 6.49. The van der Waals surface area contributed by atoms with E-state index >= 15 is 0 Å². The van der Waals surface area contributed by atoms with Crippen LogP contribution in [0.3, 0.4) is 0 Å². The molecule has 2 rings (SSSR count). The molecule has 0 saturated carbocycles. The summed E-state index contributed by atoms with van der Waals surface area (Å²) < 4.78 is 6.89. The Morgan fingerprint density at radius 2 is 1.95 bits per heavy atom. The van der Waals surface area contributed by atoms with E-state index in [1.165, 1.54) is 0 Å². The number of ether oxygens (including phenoxy) is 1. The molecule has 0 spiro atoms. The third kappa shape index (κ3) is 3.15. The standard InChI is InChI=1S/C13H14ClN3O3/c1-20-8-12-16-15-11(7-14)17(12)10-4-2-9(3-5-10)6-13(18)19/h2-5H,6-8H2,1H3,(H,18,19). The highest BCUT2D eigenvalue weighted by Crippen LogP contribution is 2.16. The Hall–Kier alpha value is -1.92. The highest BCUT2D eigenvalue weighted by atomic mass is 35.5. The number of methoxy groups -OCH3 is 1. The first-order valence-corrected chi connectivity index (χ1v) is 6.48. The summed E-state index contributed by atoms with van der Waals surface area (Å²) in [6.45, 7) is 0.320. The van der Waals surface area contributed by atoms with Crippen molar-refractivity contribution in [3.05, 3.63) is 41.5 Å². The molecule has 0 fully saturated rings. The number of hydrogen-bond acceptors (Lipinski definition) is 4. The number of aromatic nitrogens is 3. The van der Waals surface area contributed by atoms with Gasteiger partial charge in [0, 0.05) is 12.8 Å². The molecular formula is C13H14ClN3O3. The van der Waals surface area contributed by atoms with Gasteiger partial charge in [0.2, 0.25) is 0 Å². The van der Waals surface area contributed by atoms with E-state index in [1.54, 1.807) is 23.8 Å². The van der Waals surface area contributed by atoms with E-state index < -0.39 is 5.97 Å². The molecule has 2 aromatic rings. The summed E-state index contributed by atoms with van der Waals surface area (Å²) in [6, 6.07) is 7.16. The van der Waals surface area contributed by atoms with Crippen LogP contribution in [0.25, 0.3) is 5.69 Å². The predicted octanol–water partition coefficient (Wildman–Crippen LogP) is 1.78. The Balaban J connectivity index is 2.35. The maximum absolute atomic E-state index is 10.7. The lowest BCUT2D eigenvalue weighted by atomic mass is 10.1. The summed E-state index contributed by atoms with van der Waals surface area (Å²) in [4.78, 5) is 10.7. The Morgan fingerprint density at radius 3 is 2.50 bits per heavy atom. The van der Waals surface area contributed by atoms with Crippen molar-refractivity contribution in [2.24, 2.45) is 0 Å². The van der Waals surface area contributed by atoms with Gasteiger partial charge in [-0.25, -0.2) is 0 Å². The van der Waals surface area contributed by atoms with Crippen LogP contribution >= 0.6 is 11.6 Å². The molecule has 1 N–H and O–H groups in total. The van der Waals surface area contributed by atoms with Crippen LogP contribution in [0.2, 0.25) is 0 Å². The second-order valence-corrected chi connectivity index (χ2v) is 4.44. The molecule has 1 aromatic carbocycles. The second-order valence-electron chi connectivity index (χ2n) is 4.17. The number of rotatable bonds is 6. The van der Waals surface area contributed by atoms with Crippen molar-refractivity contribution in [2.75, 3.05) is 7.11 Å². The quantitative estimate of drug-likeness (QED) is 0.822. The zero-order valence-corrected chi connectivity index (χ0v) is 11.7. The Morgan fingerprint density at radius 1 is 1.30 bits per heavy atom. The number of carboxylic acid groups (broad SMARTS) is 1.